The van der Waals surface area contributed by atoms with Crippen LogP contribution in [0.4, 0.5) is 56.0 Å². The fourth-order valence-electron chi connectivity index (χ4n) is 7.89. The van der Waals surface area contributed by atoms with Crippen LogP contribution in [0.2, 0.25) is 0 Å². The van der Waals surface area contributed by atoms with Crippen molar-refractivity contribution in [2.45, 2.75) is 56.5 Å². The van der Waals surface area contributed by atoms with Crippen LogP contribution >= 0.6 is 34.8 Å². The van der Waals surface area contributed by atoms with E-state index >= 15 is 0 Å². The summed E-state index contributed by atoms with van der Waals surface area (Å²) in [6.45, 7) is 13.2. The maximum atomic E-state index is 12.1. The third-order valence-corrected chi connectivity index (χ3v) is 16.1. The number of ether oxygens (including phenoxy) is 2. The summed E-state index contributed by atoms with van der Waals surface area (Å²) in [6.07, 6.45) is 0. The van der Waals surface area contributed by atoms with E-state index in [0.29, 0.717) is 71.6 Å². The number of rotatable bonds is 23. The Morgan fingerprint density at radius 1 is 0.641 bits per heavy atom. The summed E-state index contributed by atoms with van der Waals surface area (Å²) in [5.41, 5.74) is 3.93. The molecule has 0 atom stereocenters. The van der Waals surface area contributed by atoms with Crippen LogP contribution in [0.1, 0.15) is 49.9 Å². The third-order valence-electron chi connectivity index (χ3n) is 11.8. The zero-order chi connectivity index (χ0) is 56.5. The molecule has 0 aliphatic heterocycles. The number of aliphatic hydroxyl groups excluding tert-OH is 1. The van der Waals surface area contributed by atoms with Gasteiger partial charge in [-0.25, -0.2) is 0 Å². The average Bonchev–Trinajstić information content (AvgIpc) is 4.05. The normalized spacial score (nSPS) is 11.7. The summed E-state index contributed by atoms with van der Waals surface area (Å²) in [7, 11) is -6.13. The average molecular weight is 1150 g/mol. The molecule has 0 aliphatic carbocycles. The van der Waals surface area contributed by atoms with Crippen molar-refractivity contribution in [1.82, 2.24) is 23.7 Å². The predicted octanol–water partition coefficient (Wildman–Crippen LogP) is 11.1. The Balaban J connectivity index is 1.33. The smallest absolute Gasteiger partial charge is 0.294 e. The molecule has 0 bridgehead atoms. The lowest BCUT2D eigenvalue weighted by atomic mass is 10.1. The number of hydrogen-bond acceptors (Lipinski definition) is 25. The molecule has 5 N–H and O–H groups in total. The largest absolute Gasteiger partial charge is 0.494 e. The Kier molecular flexibility index (Phi) is 18.7. The number of aryl methyl sites for hydroxylation is 2. The molecule has 0 saturated carbocycles. The first-order valence-corrected chi connectivity index (χ1v) is 29.0. The van der Waals surface area contributed by atoms with Crippen molar-refractivity contribution in [3.63, 3.8) is 0 Å². The molecule has 0 fully saturated rings. The maximum Gasteiger partial charge on any atom is 0.294 e. The molecule has 0 spiro atoms. The zero-order valence-corrected chi connectivity index (χ0v) is 47.2. The van der Waals surface area contributed by atoms with Gasteiger partial charge in [-0.15, -0.1) is 20.5 Å². The van der Waals surface area contributed by atoms with Gasteiger partial charge in [-0.05, 0) is 100.0 Å². The maximum absolute atomic E-state index is 12.1. The molecule has 0 radical (unpaired) electrons. The fraction of sp³-hybridized carbons (Fsp3) is 0.286. The van der Waals surface area contributed by atoms with Crippen LogP contribution in [-0.2, 0) is 20.2 Å². The summed E-state index contributed by atoms with van der Waals surface area (Å²) in [6, 6.07) is 19.7. The van der Waals surface area contributed by atoms with E-state index in [9.17, 15) is 41.6 Å². The minimum atomic E-state index is -4.58. The van der Waals surface area contributed by atoms with Crippen molar-refractivity contribution in [1.29, 1.82) is 10.5 Å². The fourth-order valence-corrected chi connectivity index (χ4v) is 11.3. The second-order valence-corrected chi connectivity index (χ2v) is 21.8. The van der Waals surface area contributed by atoms with Gasteiger partial charge in [-0.1, -0.05) is 36.0 Å². The number of methoxy groups -OCH3 is 2. The van der Waals surface area contributed by atoms with E-state index in [1.54, 1.807) is 36.4 Å². The monoisotopic (exact) mass is 1150 g/mol. The van der Waals surface area contributed by atoms with E-state index < -0.39 is 20.2 Å². The second kappa shape index (κ2) is 25.2. The van der Waals surface area contributed by atoms with E-state index in [2.05, 4.69) is 71.7 Å². The molecular formula is C49H51N15O9S5. The van der Waals surface area contributed by atoms with Crippen LogP contribution in [0.5, 0.6) is 11.5 Å². The molecule has 7 rings (SSSR count). The molecule has 7 aromatic rings. The number of nitrogens with zero attached hydrogens (tertiary/aromatic N) is 13. The number of aromatic nitrogens is 5. The zero-order valence-electron chi connectivity index (χ0n) is 43.2. The summed E-state index contributed by atoms with van der Waals surface area (Å²) in [5, 5.41) is 55.5. The van der Waals surface area contributed by atoms with Gasteiger partial charge in [0.15, 0.2) is 15.2 Å². The lowest BCUT2D eigenvalue weighted by Gasteiger charge is -2.25. The van der Waals surface area contributed by atoms with Gasteiger partial charge in [0.05, 0.1) is 53.4 Å². The molecule has 406 valence electrons. The first-order valence-electron chi connectivity index (χ1n) is 23.6. The van der Waals surface area contributed by atoms with Crippen LogP contribution in [0.25, 0.3) is 22.5 Å². The van der Waals surface area contributed by atoms with Crippen LogP contribution in [0.15, 0.2) is 96.1 Å². The Labute approximate surface area is 462 Å². The molecule has 4 aromatic carbocycles. The van der Waals surface area contributed by atoms with Crippen LogP contribution in [-0.4, -0.2) is 108 Å². The van der Waals surface area contributed by atoms with Crippen LogP contribution in [0, 0.1) is 36.5 Å². The predicted molar refractivity (Wildman–Crippen MR) is 299 cm³/mol. The molecule has 3 heterocycles. The first kappa shape index (κ1) is 58.0. The molecule has 0 saturated heterocycles. The van der Waals surface area contributed by atoms with Gasteiger partial charge in [0.2, 0.25) is 11.9 Å². The lowest BCUT2D eigenvalue weighted by molar-refractivity contribution is 0.322. The van der Waals surface area contributed by atoms with Gasteiger partial charge in [-0.3, -0.25) is 9.11 Å². The second-order valence-electron chi connectivity index (χ2n) is 16.5. The number of hydrogen-bond donors (Lipinski definition) is 5. The molecule has 24 nitrogen and oxygen atoms in total. The number of aliphatic hydroxyl groups is 1. The van der Waals surface area contributed by atoms with Gasteiger partial charge >= 0.3 is 0 Å². The Morgan fingerprint density at radius 2 is 1.05 bits per heavy atom. The number of benzene rings is 4. The topological polar surface area (TPSA) is 339 Å². The summed E-state index contributed by atoms with van der Waals surface area (Å²) in [4.78, 5) is 17.6. The van der Waals surface area contributed by atoms with Crippen LogP contribution < -0.4 is 29.9 Å². The van der Waals surface area contributed by atoms with Crippen molar-refractivity contribution in [3.05, 3.63) is 82.9 Å². The van der Waals surface area contributed by atoms with Gasteiger partial charge in [0.1, 0.15) is 57.5 Å². The summed E-state index contributed by atoms with van der Waals surface area (Å²) < 4.78 is 88.8. The molecular weight excluding hydrogens is 1100 g/mol. The summed E-state index contributed by atoms with van der Waals surface area (Å²) in [5.74, 6) is 1.16. The minimum Gasteiger partial charge on any atom is -0.494 e. The molecule has 29 heteroatoms. The van der Waals surface area contributed by atoms with Gasteiger partial charge in [0, 0.05) is 55.2 Å². The Bertz CT molecular complexity index is 3520. The minimum absolute atomic E-state index is 0.0110. The van der Waals surface area contributed by atoms with Crippen molar-refractivity contribution in [3.8, 4) is 46.2 Å². The lowest BCUT2D eigenvalue weighted by Crippen LogP contribution is -2.22. The van der Waals surface area contributed by atoms with Gasteiger partial charge in [0.25, 0.3) is 20.2 Å². The van der Waals surface area contributed by atoms with Crippen molar-refractivity contribution < 1.29 is 40.5 Å². The van der Waals surface area contributed by atoms with Crippen molar-refractivity contribution in [2.24, 2.45) is 20.5 Å². The molecule has 78 heavy (non-hydrogen) atoms. The van der Waals surface area contributed by atoms with E-state index in [-0.39, 0.29) is 94.2 Å². The third kappa shape index (κ3) is 13.0. The standard InChI is InChI=1S/C49H51N15O9S5/c1-9-63(10-2)37-21-33(35(23-39(37)72-7)57-59-45-31(25-50)43(61-75-45)29-15-13-27(5)41(19-29)77(66,67)68)52-47-54-48(56-49(55-47)74-18-17-65)53-34-22-38(64(11-3)12-4)40(73-8)24-36(34)58-60-46-32(26-51)44(62-76-46)30-16-14-28(6)42(20-30)78(69,70)71/h13-16,19-24,65H,9-12,17-18H2,1-8H3,(H,66,67,68)(H,69,70,71)(H2,52,53,54,55,56)/b59-57+,60-58+. The number of nitriles is 2. The van der Waals surface area contributed by atoms with E-state index in [1.165, 1.54) is 52.3 Å². The van der Waals surface area contributed by atoms with E-state index in [4.69, 9.17) is 14.5 Å². The first-order chi connectivity index (χ1) is 37.3. The number of nitrogens with one attached hydrogen (secondary N) is 2. The molecule has 3 aromatic heterocycles. The highest BCUT2D eigenvalue weighted by Crippen LogP contribution is 2.45. The highest BCUT2D eigenvalue weighted by molar-refractivity contribution is 7.99. The van der Waals surface area contributed by atoms with Crippen molar-refractivity contribution in [2.75, 3.05) is 73.2 Å². The molecule has 0 unspecified atom stereocenters. The molecule has 0 amide bonds. The van der Waals surface area contributed by atoms with Crippen molar-refractivity contribution >= 4 is 111 Å². The highest BCUT2D eigenvalue weighted by Gasteiger charge is 2.24. The number of azo groups is 2. The molecule has 0 aliphatic rings. The number of thioether (sulfide) groups is 1. The Morgan fingerprint density at radius 3 is 1.40 bits per heavy atom. The highest BCUT2D eigenvalue weighted by atomic mass is 32.2. The quantitative estimate of drug-likeness (QED) is 0.0226. The van der Waals surface area contributed by atoms with E-state index in [0.717, 1.165) is 34.8 Å². The summed E-state index contributed by atoms with van der Waals surface area (Å²) >= 11 is 2.87. The van der Waals surface area contributed by atoms with Gasteiger partial charge in [-0.2, -0.15) is 51.1 Å². The van der Waals surface area contributed by atoms with Crippen LogP contribution in [0.3, 0.4) is 0 Å². The van der Waals surface area contributed by atoms with E-state index in [1.807, 2.05) is 27.7 Å². The Hall–Kier alpha value is -7.74. The SMILES string of the molecule is CCN(CC)c1cc(Nc2nc(Nc3cc(N(CC)CC)c(OC)cc3/N=N/c3snc(-c4ccc(C)c(S(=O)(=O)O)c4)c3C#N)nc(SCCO)n2)c(/N=N/c2snc(-c3ccc(C)c(S(=O)(=O)O)c3)c2C#N)cc1OC. The van der Waals surface area contributed by atoms with Gasteiger partial charge < -0.3 is 35.0 Å². The number of anilines is 6.